The van der Waals surface area contributed by atoms with Crippen molar-refractivity contribution in [3.8, 4) is 5.75 Å². The lowest BCUT2D eigenvalue weighted by Gasteiger charge is -2.19. The van der Waals surface area contributed by atoms with E-state index in [2.05, 4.69) is 25.5 Å². The van der Waals surface area contributed by atoms with Gasteiger partial charge in [0.2, 0.25) is 10.0 Å². The fourth-order valence-electron chi connectivity index (χ4n) is 1.55. The van der Waals surface area contributed by atoms with E-state index in [1.165, 1.54) is 12.1 Å². The van der Waals surface area contributed by atoms with Crippen LogP contribution in [0.15, 0.2) is 23.1 Å². The van der Waals surface area contributed by atoms with Crippen molar-refractivity contribution in [2.45, 2.75) is 39.0 Å². The molecule has 20 heavy (non-hydrogen) atoms. The molecule has 1 aromatic carbocycles. The Balaban J connectivity index is 2.87. The Bertz CT molecular complexity index is 548. The number of nitrogens with one attached hydrogen (secondary N) is 1. The fourth-order valence-corrected chi connectivity index (χ4v) is 2.60. The molecule has 0 unspecified atom stereocenters. The molecule has 1 aromatic rings. The highest BCUT2D eigenvalue weighted by Crippen LogP contribution is 2.26. The second kappa shape index (κ2) is 6.45. The van der Waals surface area contributed by atoms with Crippen LogP contribution < -0.4 is 15.2 Å². The predicted molar refractivity (Wildman–Crippen MR) is 81.3 cm³/mol. The van der Waals surface area contributed by atoms with Gasteiger partial charge < -0.3 is 10.5 Å². The van der Waals surface area contributed by atoms with Crippen molar-refractivity contribution < 1.29 is 13.2 Å². The molecule has 114 valence electrons. The molecule has 0 aliphatic carbocycles. The Morgan fingerprint density at radius 3 is 2.50 bits per heavy atom. The summed E-state index contributed by atoms with van der Waals surface area (Å²) in [5, 5.41) is 0. The summed E-state index contributed by atoms with van der Waals surface area (Å²) < 4.78 is 31.9. The van der Waals surface area contributed by atoms with Gasteiger partial charge in [0.25, 0.3) is 0 Å². The first-order chi connectivity index (χ1) is 9.15. The molecule has 0 fully saturated rings. The summed E-state index contributed by atoms with van der Waals surface area (Å²) >= 11 is 0. The maximum Gasteiger partial charge on any atom is 0.240 e. The summed E-state index contributed by atoms with van der Waals surface area (Å²) in [6, 6.07) is 4.50. The monoisotopic (exact) mass is 300 g/mol. The van der Waals surface area contributed by atoms with Crippen LogP contribution in [0, 0.1) is 5.41 Å². The Morgan fingerprint density at radius 2 is 1.95 bits per heavy atom. The van der Waals surface area contributed by atoms with E-state index in [9.17, 15) is 8.42 Å². The van der Waals surface area contributed by atoms with Crippen LogP contribution in [0.2, 0.25) is 0 Å². The molecule has 6 heteroatoms. The predicted octanol–water partition coefficient (Wildman–Crippen LogP) is 2.38. The molecule has 0 spiro atoms. The van der Waals surface area contributed by atoms with Crippen LogP contribution in [-0.4, -0.2) is 21.6 Å². The Kier molecular flexibility index (Phi) is 5.42. The molecule has 0 saturated carbocycles. The average Bonchev–Trinajstić information content (AvgIpc) is 2.29. The number of nitrogens with two attached hydrogens (primary N) is 1. The van der Waals surface area contributed by atoms with Crippen molar-refractivity contribution in [2.24, 2.45) is 5.41 Å². The third-order valence-electron chi connectivity index (χ3n) is 2.74. The second-order valence-electron chi connectivity index (χ2n) is 5.86. The molecule has 0 bridgehead atoms. The van der Waals surface area contributed by atoms with Crippen LogP contribution in [-0.2, 0) is 10.0 Å². The molecular formula is C14H24N2O3S. The normalized spacial score (nSPS) is 12.4. The number of anilines is 1. The van der Waals surface area contributed by atoms with Crippen LogP contribution >= 0.6 is 0 Å². The lowest BCUT2D eigenvalue weighted by atomic mass is 9.93. The topological polar surface area (TPSA) is 81.4 Å². The Labute approximate surface area is 121 Å². The first-order valence-corrected chi connectivity index (χ1v) is 8.16. The van der Waals surface area contributed by atoms with E-state index in [1.807, 2.05) is 0 Å². The second-order valence-corrected chi connectivity index (χ2v) is 7.63. The number of hydrogen-bond acceptors (Lipinski definition) is 4. The third kappa shape index (κ3) is 5.02. The molecule has 0 atom stereocenters. The molecule has 5 nitrogen and oxygen atoms in total. The number of rotatable bonds is 6. The van der Waals surface area contributed by atoms with Crippen LogP contribution in [0.3, 0.4) is 0 Å². The SMILES string of the molecule is CCNS(=O)(=O)c1ccc(N)c(OCCC(C)(C)C)c1. The van der Waals surface area contributed by atoms with Crippen molar-refractivity contribution in [3.63, 3.8) is 0 Å². The van der Waals surface area contributed by atoms with Crippen LogP contribution in [0.25, 0.3) is 0 Å². The van der Waals surface area contributed by atoms with Crippen molar-refractivity contribution in [2.75, 3.05) is 18.9 Å². The van der Waals surface area contributed by atoms with Crippen molar-refractivity contribution >= 4 is 15.7 Å². The van der Waals surface area contributed by atoms with Gasteiger partial charge in [-0.15, -0.1) is 0 Å². The molecule has 0 aromatic heterocycles. The van der Waals surface area contributed by atoms with Crippen molar-refractivity contribution in [1.29, 1.82) is 0 Å². The highest BCUT2D eigenvalue weighted by atomic mass is 32.2. The zero-order valence-corrected chi connectivity index (χ0v) is 13.4. The highest BCUT2D eigenvalue weighted by Gasteiger charge is 2.16. The standard InChI is InChI=1S/C14H24N2O3S/c1-5-16-20(17,18)11-6-7-12(15)13(10-11)19-9-8-14(2,3)4/h6-7,10,16H,5,8-9,15H2,1-4H3. The molecular weight excluding hydrogens is 276 g/mol. The summed E-state index contributed by atoms with van der Waals surface area (Å²) in [5.74, 6) is 0.410. The van der Waals surface area contributed by atoms with Gasteiger partial charge in [-0.05, 0) is 24.0 Å². The van der Waals surface area contributed by atoms with E-state index in [-0.39, 0.29) is 10.3 Å². The minimum atomic E-state index is -3.49. The highest BCUT2D eigenvalue weighted by molar-refractivity contribution is 7.89. The third-order valence-corrected chi connectivity index (χ3v) is 4.28. The minimum absolute atomic E-state index is 0.155. The number of ether oxygens (including phenoxy) is 1. The Hall–Kier alpha value is -1.27. The molecule has 0 saturated heterocycles. The molecule has 0 heterocycles. The summed E-state index contributed by atoms with van der Waals surface area (Å²) in [6.07, 6.45) is 0.858. The van der Waals surface area contributed by atoms with E-state index >= 15 is 0 Å². The number of hydrogen-bond donors (Lipinski definition) is 2. The maximum absolute atomic E-state index is 11.9. The maximum atomic E-state index is 11.9. The molecule has 0 aliphatic rings. The quantitative estimate of drug-likeness (QED) is 0.790. The lowest BCUT2D eigenvalue weighted by molar-refractivity contribution is 0.243. The van der Waals surface area contributed by atoms with E-state index in [0.717, 1.165) is 6.42 Å². The van der Waals surface area contributed by atoms with Crippen LogP contribution in [0.4, 0.5) is 5.69 Å². The Morgan fingerprint density at radius 1 is 1.30 bits per heavy atom. The van der Waals surface area contributed by atoms with Crippen LogP contribution in [0.5, 0.6) is 5.75 Å². The van der Waals surface area contributed by atoms with Gasteiger partial charge in [0.1, 0.15) is 5.75 Å². The molecule has 3 N–H and O–H groups in total. The smallest absolute Gasteiger partial charge is 0.240 e. The zero-order valence-electron chi connectivity index (χ0n) is 12.6. The molecule has 0 amide bonds. The summed E-state index contributed by atoms with van der Waals surface area (Å²) in [6.45, 7) is 8.92. The van der Waals surface area contributed by atoms with Gasteiger partial charge in [0, 0.05) is 12.6 Å². The van der Waals surface area contributed by atoms with E-state index in [1.54, 1.807) is 13.0 Å². The number of sulfonamides is 1. The summed E-state index contributed by atoms with van der Waals surface area (Å²) in [7, 11) is -3.49. The van der Waals surface area contributed by atoms with Gasteiger partial charge in [-0.25, -0.2) is 13.1 Å². The summed E-state index contributed by atoms with van der Waals surface area (Å²) in [4.78, 5) is 0.166. The largest absolute Gasteiger partial charge is 0.491 e. The van der Waals surface area contributed by atoms with Gasteiger partial charge >= 0.3 is 0 Å². The molecule has 0 radical (unpaired) electrons. The molecule has 0 aliphatic heterocycles. The van der Waals surface area contributed by atoms with E-state index < -0.39 is 10.0 Å². The van der Waals surface area contributed by atoms with Gasteiger partial charge in [-0.3, -0.25) is 0 Å². The number of nitrogen functional groups attached to an aromatic ring is 1. The first kappa shape index (κ1) is 16.8. The van der Waals surface area contributed by atoms with E-state index in [0.29, 0.717) is 24.6 Å². The van der Waals surface area contributed by atoms with Gasteiger partial charge in [-0.1, -0.05) is 27.7 Å². The zero-order chi connectivity index (χ0) is 15.4. The number of benzene rings is 1. The van der Waals surface area contributed by atoms with Crippen molar-refractivity contribution in [3.05, 3.63) is 18.2 Å². The van der Waals surface area contributed by atoms with Crippen molar-refractivity contribution in [1.82, 2.24) is 4.72 Å². The lowest BCUT2D eigenvalue weighted by Crippen LogP contribution is -2.23. The van der Waals surface area contributed by atoms with E-state index in [4.69, 9.17) is 10.5 Å². The fraction of sp³-hybridized carbons (Fsp3) is 0.571. The molecule has 1 rings (SSSR count). The van der Waals surface area contributed by atoms with Gasteiger partial charge in [-0.2, -0.15) is 0 Å². The van der Waals surface area contributed by atoms with Crippen LogP contribution in [0.1, 0.15) is 34.1 Å². The van der Waals surface area contributed by atoms with Gasteiger partial charge in [0.05, 0.1) is 17.2 Å². The van der Waals surface area contributed by atoms with Gasteiger partial charge in [0.15, 0.2) is 0 Å². The minimum Gasteiger partial charge on any atom is -0.491 e. The summed E-state index contributed by atoms with van der Waals surface area (Å²) in [5.41, 5.74) is 6.41. The first-order valence-electron chi connectivity index (χ1n) is 6.68. The average molecular weight is 300 g/mol.